The molecule has 18 heavy (non-hydrogen) atoms. The van der Waals surface area contributed by atoms with Crippen LogP contribution in [-0.2, 0) is 6.61 Å². The first-order chi connectivity index (χ1) is 8.70. The summed E-state index contributed by atoms with van der Waals surface area (Å²) in [4.78, 5) is 14.3. The molecule has 0 atom stereocenters. The lowest BCUT2D eigenvalue weighted by atomic mass is 10.2. The highest BCUT2D eigenvalue weighted by Gasteiger charge is 2.12. The molecule has 0 saturated carbocycles. The molecule has 1 aromatic heterocycles. The lowest BCUT2D eigenvalue weighted by Crippen LogP contribution is -2.01. The third-order valence-electron chi connectivity index (χ3n) is 2.26. The Hall–Kier alpha value is -2.30. The zero-order valence-electron chi connectivity index (χ0n) is 9.27. The van der Waals surface area contributed by atoms with Crippen molar-refractivity contribution in [2.24, 2.45) is 0 Å². The molecule has 0 fully saturated rings. The topological polar surface area (TPSA) is 39.2 Å². The van der Waals surface area contributed by atoms with Gasteiger partial charge in [0, 0.05) is 23.5 Å². The van der Waals surface area contributed by atoms with Crippen LogP contribution in [0.2, 0.25) is 0 Å². The zero-order valence-corrected chi connectivity index (χ0v) is 9.27. The Kier molecular flexibility index (Phi) is 3.62. The minimum Gasteiger partial charge on any atom is -0.483 e. The van der Waals surface area contributed by atoms with E-state index in [0.29, 0.717) is 11.8 Å². The second-order valence-electron chi connectivity index (χ2n) is 3.58. The van der Waals surface area contributed by atoms with E-state index in [4.69, 9.17) is 4.74 Å². The molecule has 0 N–H and O–H groups in total. The van der Waals surface area contributed by atoms with Crippen LogP contribution in [0.25, 0.3) is 0 Å². The molecular weight excluding hydrogens is 240 g/mol. The molecule has 1 aromatic carbocycles. The third kappa shape index (κ3) is 2.68. The maximum atomic E-state index is 13.5. The van der Waals surface area contributed by atoms with Crippen molar-refractivity contribution in [3.8, 4) is 5.75 Å². The second-order valence-corrected chi connectivity index (χ2v) is 3.58. The quantitative estimate of drug-likeness (QED) is 0.782. The Morgan fingerprint density at radius 2 is 2.00 bits per heavy atom. The monoisotopic (exact) mass is 249 g/mol. The summed E-state index contributed by atoms with van der Waals surface area (Å²) in [5.41, 5.74) is 0.620. The predicted octanol–water partition coefficient (Wildman–Crippen LogP) is 2.75. The Labute approximate surface area is 102 Å². The molecule has 1 heterocycles. The number of rotatable bonds is 4. The molecule has 2 aromatic rings. The van der Waals surface area contributed by atoms with E-state index in [-0.39, 0.29) is 12.2 Å². The normalized spacial score (nSPS) is 10.1. The lowest BCUT2D eigenvalue weighted by Gasteiger charge is -2.08. The maximum absolute atomic E-state index is 13.5. The highest BCUT2D eigenvalue weighted by molar-refractivity contribution is 5.75. The van der Waals surface area contributed by atoms with Gasteiger partial charge in [-0.3, -0.25) is 9.78 Å². The average molecular weight is 249 g/mol. The van der Waals surface area contributed by atoms with Gasteiger partial charge in [0.2, 0.25) is 0 Å². The summed E-state index contributed by atoms with van der Waals surface area (Å²) >= 11 is 0. The molecule has 3 nitrogen and oxygen atoms in total. The first-order valence-corrected chi connectivity index (χ1v) is 5.16. The Morgan fingerprint density at radius 1 is 1.28 bits per heavy atom. The average Bonchev–Trinajstić information content (AvgIpc) is 2.38. The minimum absolute atomic E-state index is 0.00210. The van der Waals surface area contributed by atoms with Crippen LogP contribution >= 0.6 is 0 Å². The van der Waals surface area contributed by atoms with Crippen molar-refractivity contribution in [1.29, 1.82) is 0 Å². The van der Waals surface area contributed by atoms with Gasteiger partial charge in [-0.1, -0.05) is 6.07 Å². The summed E-state index contributed by atoms with van der Waals surface area (Å²) in [5.74, 6) is -2.30. The van der Waals surface area contributed by atoms with Crippen molar-refractivity contribution in [2.75, 3.05) is 0 Å². The highest BCUT2D eigenvalue weighted by atomic mass is 19.1. The van der Waals surface area contributed by atoms with Crippen LogP contribution in [0.3, 0.4) is 0 Å². The van der Waals surface area contributed by atoms with Gasteiger partial charge in [-0.15, -0.1) is 0 Å². The van der Waals surface area contributed by atoms with Gasteiger partial charge in [-0.2, -0.15) is 0 Å². The van der Waals surface area contributed by atoms with E-state index in [1.807, 2.05) is 0 Å². The lowest BCUT2D eigenvalue weighted by molar-refractivity contribution is 0.112. The van der Waals surface area contributed by atoms with E-state index in [2.05, 4.69) is 4.98 Å². The number of carbonyl (C=O) groups excluding carboxylic acids is 1. The fraction of sp³-hybridized carbons (Fsp3) is 0.0769. The van der Waals surface area contributed by atoms with Crippen molar-refractivity contribution in [3.05, 3.63) is 59.4 Å². The molecule has 0 unspecified atom stereocenters. The number of nitrogens with zero attached hydrogens (tertiary/aromatic N) is 1. The number of benzene rings is 1. The number of pyridine rings is 1. The fourth-order valence-electron chi connectivity index (χ4n) is 1.42. The molecule has 2 rings (SSSR count). The molecule has 0 aliphatic carbocycles. The van der Waals surface area contributed by atoms with Crippen molar-refractivity contribution in [3.63, 3.8) is 0 Å². The van der Waals surface area contributed by atoms with E-state index in [1.54, 1.807) is 18.3 Å². The van der Waals surface area contributed by atoms with E-state index < -0.39 is 17.4 Å². The third-order valence-corrected chi connectivity index (χ3v) is 2.26. The van der Waals surface area contributed by atoms with Crippen LogP contribution in [0.5, 0.6) is 5.75 Å². The largest absolute Gasteiger partial charge is 0.483 e. The standard InChI is InChI=1S/C13H9F2NO2/c14-11-4-10(7-17)5-12(15)13(11)18-8-9-2-1-3-16-6-9/h1-7H,8H2. The molecule has 0 aliphatic heterocycles. The predicted molar refractivity (Wildman–Crippen MR) is 60.3 cm³/mol. The molecule has 0 radical (unpaired) electrons. The van der Waals surface area contributed by atoms with Crippen molar-refractivity contribution < 1.29 is 18.3 Å². The summed E-state index contributed by atoms with van der Waals surface area (Å²) in [6, 6.07) is 5.27. The summed E-state index contributed by atoms with van der Waals surface area (Å²) < 4.78 is 32.0. The molecule has 0 aliphatic rings. The van der Waals surface area contributed by atoms with Crippen LogP contribution in [0.15, 0.2) is 36.7 Å². The summed E-state index contributed by atoms with van der Waals surface area (Å²) in [7, 11) is 0. The summed E-state index contributed by atoms with van der Waals surface area (Å²) in [5, 5.41) is 0. The van der Waals surface area contributed by atoms with Crippen LogP contribution in [0.4, 0.5) is 8.78 Å². The Bertz CT molecular complexity index is 535. The van der Waals surface area contributed by atoms with Gasteiger partial charge in [0.25, 0.3) is 0 Å². The number of halogens is 2. The molecule has 92 valence electrons. The number of aldehydes is 1. The molecule has 5 heteroatoms. The van der Waals surface area contributed by atoms with Gasteiger partial charge in [-0.05, 0) is 18.2 Å². The van der Waals surface area contributed by atoms with Crippen LogP contribution in [0, 0.1) is 11.6 Å². The van der Waals surface area contributed by atoms with Gasteiger partial charge < -0.3 is 4.74 Å². The first kappa shape index (κ1) is 12.2. The number of carbonyl (C=O) groups is 1. The summed E-state index contributed by atoms with van der Waals surface area (Å²) in [6.07, 6.45) is 3.50. The van der Waals surface area contributed by atoms with Crippen molar-refractivity contribution >= 4 is 6.29 Å². The molecule has 0 amide bonds. The molecule has 0 saturated heterocycles. The first-order valence-electron chi connectivity index (χ1n) is 5.16. The van der Waals surface area contributed by atoms with Gasteiger partial charge in [-0.25, -0.2) is 8.78 Å². The van der Waals surface area contributed by atoms with Crippen LogP contribution in [-0.4, -0.2) is 11.3 Å². The van der Waals surface area contributed by atoms with E-state index in [0.717, 1.165) is 12.1 Å². The summed E-state index contributed by atoms with van der Waals surface area (Å²) in [6.45, 7) is 0.00210. The highest BCUT2D eigenvalue weighted by Crippen LogP contribution is 2.23. The van der Waals surface area contributed by atoms with E-state index >= 15 is 0 Å². The SMILES string of the molecule is O=Cc1cc(F)c(OCc2cccnc2)c(F)c1. The Morgan fingerprint density at radius 3 is 2.56 bits per heavy atom. The minimum atomic E-state index is -0.902. The fourth-order valence-corrected chi connectivity index (χ4v) is 1.42. The van der Waals surface area contributed by atoms with Crippen molar-refractivity contribution in [1.82, 2.24) is 4.98 Å². The van der Waals surface area contributed by atoms with Crippen LogP contribution < -0.4 is 4.74 Å². The van der Waals surface area contributed by atoms with Crippen molar-refractivity contribution in [2.45, 2.75) is 6.61 Å². The molecule has 0 spiro atoms. The second kappa shape index (κ2) is 5.35. The molecule has 0 bridgehead atoms. The van der Waals surface area contributed by atoms with Gasteiger partial charge >= 0.3 is 0 Å². The number of ether oxygens (including phenoxy) is 1. The van der Waals surface area contributed by atoms with Crippen LogP contribution in [0.1, 0.15) is 15.9 Å². The van der Waals surface area contributed by atoms with Gasteiger partial charge in [0.15, 0.2) is 17.4 Å². The van der Waals surface area contributed by atoms with Gasteiger partial charge in [0.05, 0.1) is 0 Å². The number of aromatic nitrogens is 1. The number of hydrogen-bond acceptors (Lipinski definition) is 3. The smallest absolute Gasteiger partial charge is 0.191 e. The number of hydrogen-bond donors (Lipinski definition) is 0. The molecular formula is C13H9F2NO2. The van der Waals surface area contributed by atoms with E-state index in [1.165, 1.54) is 6.20 Å². The Balaban J connectivity index is 2.17. The van der Waals surface area contributed by atoms with Gasteiger partial charge in [0.1, 0.15) is 12.9 Å². The maximum Gasteiger partial charge on any atom is 0.191 e. The zero-order chi connectivity index (χ0) is 13.0. The van der Waals surface area contributed by atoms with E-state index in [9.17, 15) is 13.6 Å².